The van der Waals surface area contributed by atoms with Crippen LogP contribution < -0.4 is 0 Å². The van der Waals surface area contributed by atoms with Gasteiger partial charge in [0.05, 0.1) is 0 Å². The van der Waals surface area contributed by atoms with E-state index in [2.05, 4.69) is 20.9 Å². The minimum absolute atomic E-state index is 0.0681. The Labute approximate surface area is 110 Å². The van der Waals surface area contributed by atoms with Crippen molar-refractivity contribution >= 4 is 21.8 Å². The van der Waals surface area contributed by atoms with Crippen molar-refractivity contribution < 1.29 is 9.90 Å². The third kappa shape index (κ3) is 4.83. The van der Waals surface area contributed by atoms with E-state index >= 15 is 0 Å². The summed E-state index contributed by atoms with van der Waals surface area (Å²) in [6.07, 6.45) is 4.24. The number of carbonyl (C=O) groups excluding carboxylic acids is 1. The van der Waals surface area contributed by atoms with Crippen LogP contribution in [0.15, 0.2) is 22.8 Å². The molecule has 1 aromatic rings. The fourth-order valence-corrected chi connectivity index (χ4v) is 1.67. The van der Waals surface area contributed by atoms with Gasteiger partial charge in [0.25, 0.3) is 5.91 Å². The van der Waals surface area contributed by atoms with Gasteiger partial charge in [-0.15, -0.1) is 0 Å². The lowest BCUT2D eigenvalue weighted by molar-refractivity contribution is 0.0786. The zero-order valence-electron chi connectivity index (χ0n) is 9.90. The van der Waals surface area contributed by atoms with Gasteiger partial charge < -0.3 is 10.0 Å². The molecule has 0 unspecified atom stereocenters. The van der Waals surface area contributed by atoms with Crippen molar-refractivity contribution in [3.05, 3.63) is 28.5 Å². The maximum atomic E-state index is 11.9. The number of aromatic nitrogens is 1. The summed E-state index contributed by atoms with van der Waals surface area (Å²) in [5, 5.41) is 8.65. The lowest BCUT2D eigenvalue weighted by atomic mass is 10.2. The van der Waals surface area contributed by atoms with E-state index in [4.69, 9.17) is 5.11 Å². The third-order valence-corrected chi connectivity index (χ3v) is 2.91. The van der Waals surface area contributed by atoms with E-state index in [9.17, 15) is 4.79 Å². The van der Waals surface area contributed by atoms with Gasteiger partial charge in [-0.1, -0.05) is 0 Å². The predicted octanol–water partition coefficient (Wildman–Crippen LogP) is 2.08. The van der Waals surface area contributed by atoms with Crippen LogP contribution in [0.25, 0.3) is 0 Å². The molecule has 1 amide bonds. The second-order valence-electron chi connectivity index (χ2n) is 3.87. The molecule has 4 nitrogen and oxygen atoms in total. The Morgan fingerprint density at radius 2 is 2.18 bits per heavy atom. The molecule has 0 radical (unpaired) electrons. The topological polar surface area (TPSA) is 53.4 Å². The molecule has 0 bridgehead atoms. The van der Waals surface area contributed by atoms with Crippen LogP contribution >= 0.6 is 15.9 Å². The zero-order valence-corrected chi connectivity index (χ0v) is 11.5. The van der Waals surface area contributed by atoms with Gasteiger partial charge in [-0.3, -0.25) is 4.79 Å². The van der Waals surface area contributed by atoms with E-state index in [1.54, 1.807) is 30.3 Å². The number of aliphatic hydroxyl groups is 1. The quantitative estimate of drug-likeness (QED) is 0.819. The summed E-state index contributed by atoms with van der Waals surface area (Å²) >= 11 is 3.28. The first-order valence-electron chi connectivity index (χ1n) is 5.63. The Morgan fingerprint density at radius 1 is 1.41 bits per heavy atom. The average molecular weight is 301 g/mol. The standard InChI is InChI=1S/C12H17BrN2O2/c1-15(7-3-2-4-8-16)12(17)11-6-5-10(13)9-14-11/h5-6,9,16H,2-4,7-8H2,1H3. The Bertz CT molecular complexity index is 354. The smallest absolute Gasteiger partial charge is 0.272 e. The van der Waals surface area contributed by atoms with Gasteiger partial charge in [-0.05, 0) is 47.3 Å². The first kappa shape index (κ1) is 14.1. The molecule has 1 rings (SSSR count). The molecule has 0 saturated carbocycles. The van der Waals surface area contributed by atoms with E-state index in [0.717, 1.165) is 23.7 Å². The van der Waals surface area contributed by atoms with E-state index in [-0.39, 0.29) is 12.5 Å². The number of hydrogen-bond acceptors (Lipinski definition) is 3. The zero-order chi connectivity index (χ0) is 12.7. The van der Waals surface area contributed by atoms with Crippen LogP contribution in [-0.2, 0) is 0 Å². The van der Waals surface area contributed by atoms with Crippen LogP contribution in [0.1, 0.15) is 29.8 Å². The Balaban J connectivity index is 2.43. The summed E-state index contributed by atoms with van der Waals surface area (Å²) in [6.45, 7) is 0.905. The molecule has 1 N–H and O–H groups in total. The Kier molecular flexibility index (Phi) is 6.15. The van der Waals surface area contributed by atoms with Crippen molar-refractivity contribution in [2.75, 3.05) is 20.2 Å². The fraction of sp³-hybridized carbons (Fsp3) is 0.500. The molecule has 5 heteroatoms. The second-order valence-corrected chi connectivity index (χ2v) is 4.79. The second kappa shape index (κ2) is 7.40. The molecule has 94 valence electrons. The lowest BCUT2D eigenvalue weighted by Crippen LogP contribution is -2.28. The summed E-state index contributed by atoms with van der Waals surface area (Å²) in [5.74, 6) is -0.0681. The number of halogens is 1. The third-order valence-electron chi connectivity index (χ3n) is 2.44. The number of rotatable bonds is 6. The van der Waals surface area contributed by atoms with Gasteiger partial charge in [0.1, 0.15) is 5.69 Å². The molecule has 1 heterocycles. The van der Waals surface area contributed by atoms with E-state index in [1.807, 2.05) is 0 Å². The highest BCUT2D eigenvalue weighted by Crippen LogP contribution is 2.09. The van der Waals surface area contributed by atoms with Crippen molar-refractivity contribution in [3.8, 4) is 0 Å². The highest BCUT2D eigenvalue weighted by Gasteiger charge is 2.12. The molecule has 0 saturated heterocycles. The molecule has 1 aromatic heterocycles. The molecule has 0 aliphatic carbocycles. The van der Waals surface area contributed by atoms with Crippen LogP contribution in [0.4, 0.5) is 0 Å². The molecule has 17 heavy (non-hydrogen) atoms. The normalized spacial score (nSPS) is 10.3. The van der Waals surface area contributed by atoms with E-state index in [0.29, 0.717) is 12.2 Å². The van der Waals surface area contributed by atoms with E-state index < -0.39 is 0 Å². The lowest BCUT2D eigenvalue weighted by Gasteiger charge is -2.16. The van der Waals surface area contributed by atoms with Crippen molar-refractivity contribution in [2.24, 2.45) is 0 Å². The van der Waals surface area contributed by atoms with Crippen molar-refractivity contribution in [1.29, 1.82) is 0 Å². The number of unbranched alkanes of at least 4 members (excludes halogenated alkanes) is 2. The Morgan fingerprint density at radius 3 is 2.76 bits per heavy atom. The summed E-state index contributed by atoms with van der Waals surface area (Å²) in [5.41, 5.74) is 0.456. The number of hydrogen-bond donors (Lipinski definition) is 1. The molecule has 0 aromatic carbocycles. The molecule has 0 spiro atoms. The van der Waals surface area contributed by atoms with Gasteiger partial charge in [0, 0.05) is 30.9 Å². The summed E-state index contributed by atoms with van der Waals surface area (Å²) < 4.78 is 0.861. The van der Waals surface area contributed by atoms with Gasteiger partial charge in [-0.2, -0.15) is 0 Å². The largest absolute Gasteiger partial charge is 0.396 e. The summed E-state index contributed by atoms with van der Waals surface area (Å²) in [4.78, 5) is 17.6. The maximum absolute atomic E-state index is 11.9. The van der Waals surface area contributed by atoms with Crippen LogP contribution in [0, 0.1) is 0 Å². The van der Waals surface area contributed by atoms with Gasteiger partial charge in [-0.25, -0.2) is 4.98 Å². The average Bonchev–Trinajstić information content (AvgIpc) is 2.34. The molecule has 0 fully saturated rings. The van der Waals surface area contributed by atoms with Crippen LogP contribution in [0.3, 0.4) is 0 Å². The van der Waals surface area contributed by atoms with Gasteiger partial charge >= 0.3 is 0 Å². The number of amides is 1. The highest BCUT2D eigenvalue weighted by molar-refractivity contribution is 9.10. The molecule has 0 atom stereocenters. The SMILES string of the molecule is CN(CCCCCO)C(=O)c1ccc(Br)cn1. The maximum Gasteiger partial charge on any atom is 0.272 e. The predicted molar refractivity (Wildman–Crippen MR) is 69.8 cm³/mol. The van der Waals surface area contributed by atoms with Crippen LogP contribution in [0.5, 0.6) is 0 Å². The van der Waals surface area contributed by atoms with Crippen molar-refractivity contribution in [2.45, 2.75) is 19.3 Å². The van der Waals surface area contributed by atoms with Crippen molar-refractivity contribution in [3.63, 3.8) is 0 Å². The molecule has 0 aliphatic heterocycles. The first-order chi connectivity index (χ1) is 8.15. The number of aliphatic hydroxyl groups excluding tert-OH is 1. The van der Waals surface area contributed by atoms with Crippen LogP contribution in [-0.4, -0.2) is 41.1 Å². The highest BCUT2D eigenvalue weighted by atomic mass is 79.9. The number of carbonyl (C=O) groups is 1. The van der Waals surface area contributed by atoms with Gasteiger partial charge in [0.15, 0.2) is 0 Å². The summed E-state index contributed by atoms with van der Waals surface area (Å²) in [7, 11) is 1.77. The summed E-state index contributed by atoms with van der Waals surface area (Å²) in [6, 6.07) is 3.51. The number of nitrogens with zero attached hydrogens (tertiary/aromatic N) is 2. The minimum atomic E-state index is -0.0681. The van der Waals surface area contributed by atoms with Crippen molar-refractivity contribution in [1.82, 2.24) is 9.88 Å². The fourth-order valence-electron chi connectivity index (χ4n) is 1.44. The first-order valence-corrected chi connectivity index (χ1v) is 6.42. The number of pyridine rings is 1. The monoisotopic (exact) mass is 300 g/mol. The minimum Gasteiger partial charge on any atom is -0.396 e. The Hall–Kier alpha value is -0.940. The van der Waals surface area contributed by atoms with Crippen LogP contribution in [0.2, 0.25) is 0 Å². The molecular weight excluding hydrogens is 284 g/mol. The van der Waals surface area contributed by atoms with Gasteiger partial charge in [0.2, 0.25) is 0 Å². The molecular formula is C12H17BrN2O2. The van der Waals surface area contributed by atoms with E-state index in [1.165, 1.54) is 0 Å². The molecule has 0 aliphatic rings.